The summed E-state index contributed by atoms with van der Waals surface area (Å²) in [5.74, 6) is 0. The summed E-state index contributed by atoms with van der Waals surface area (Å²) in [6.45, 7) is 0. The first-order valence-corrected chi connectivity index (χ1v) is 3.13. The second-order valence-corrected chi connectivity index (χ2v) is 2.02. The second-order valence-electron chi connectivity index (χ2n) is 2.02. The van der Waals surface area contributed by atoms with E-state index in [0.29, 0.717) is 0 Å². The van der Waals surface area contributed by atoms with Crippen LogP contribution in [0, 0.1) is 32.1 Å². The Bertz CT molecular complexity index is 63.0. The molecule has 1 nitrogen and oxygen atoms in total. The van der Waals surface area contributed by atoms with E-state index in [2.05, 4.69) is 12.8 Å². The lowest BCUT2D eigenvalue weighted by molar-refractivity contribution is 0.131. The quantitative estimate of drug-likeness (QED) is 0.479. The van der Waals surface area contributed by atoms with E-state index in [1.165, 1.54) is 0 Å². The molecule has 0 heterocycles. The third-order valence-electron chi connectivity index (χ3n) is 1.36. The molecule has 1 unspecified atom stereocenters. The minimum atomic E-state index is 0.278. The van der Waals surface area contributed by atoms with Crippen LogP contribution in [0.1, 0.15) is 6.42 Å². The molecule has 0 N–H and O–H groups in total. The van der Waals surface area contributed by atoms with Crippen molar-refractivity contribution in [2.45, 2.75) is 12.5 Å². The van der Waals surface area contributed by atoms with Crippen molar-refractivity contribution in [2.24, 2.45) is 0 Å². The zero-order chi connectivity index (χ0) is 6.53. The number of rotatable bonds is 1. The van der Waals surface area contributed by atoms with Gasteiger partial charge < -0.3 is 4.74 Å². The zero-order valence-corrected chi connectivity index (χ0v) is 5.58. The predicted molar refractivity (Wildman–Crippen MR) is 36.9 cm³/mol. The van der Waals surface area contributed by atoms with Crippen LogP contribution in [0.25, 0.3) is 0 Å². The highest BCUT2D eigenvalue weighted by molar-refractivity contribution is 5.15. The van der Waals surface area contributed by atoms with Crippen LogP contribution < -0.4 is 0 Å². The fourth-order valence-electron chi connectivity index (χ4n) is 0.797. The Balaban J connectivity index is 2.18. The van der Waals surface area contributed by atoms with Crippen LogP contribution in [0.15, 0.2) is 0 Å². The summed E-state index contributed by atoms with van der Waals surface area (Å²) in [6, 6.07) is 0. The van der Waals surface area contributed by atoms with Gasteiger partial charge in [0.2, 0.25) is 0 Å². The van der Waals surface area contributed by atoms with E-state index in [-0.39, 0.29) is 6.10 Å². The molecule has 0 aromatic rings. The monoisotopic (exact) mass is 123 g/mol. The van der Waals surface area contributed by atoms with Gasteiger partial charge >= 0.3 is 0 Å². The van der Waals surface area contributed by atoms with Crippen molar-refractivity contribution in [1.29, 1.82) is 0 Å². The van der Waals surface area contributed by atoms with E-state index >= 15 is 0 Å². The molecular weight excluding hydrogens is 112 g/mol. The average molecular weight is 123 g/mol. The summed E-state index contributed by atoms with van der Waals surface area (Å²) in [6.07, 6.45) is 11.5. The normalized spacial score (nSPS) is 23.7. The van der Waals surface area contributed by atoms with E-state index in [1.807, 2.05) is 19.3 Å². The summed E-state index contributed by atoms with van der Waals surface area (Å²) in [5, 5.41) is 0. The standard InChI is InChI=1S/C8H11O/c1-9-8-6-4-2-3-5-7-8/h2-6,8H,7H2,1H3. The zero-order valence-electron chi connectivity index (χ0n) is 5.58. The van der Waals surface area contributed by atoms with Gasteiger partial charge in [-0.2, -0.15) is 0 Å². The van der Waals surface area contributed by atoms with Crippen LogP contribution in [0.2, 0.25) is 0 Å². The Morgan fingerprint density at radius 2 is 2.22 bits per heavy atom. The Labute approximate surface area is 57.4 Å². The lowest BCUT2D eigenvalue weighted by atomic mass is 10.2. The highest BCUT2D eigenvalue weighted by atomic mass is 16.5. The fourth-order valence-corrected chi connectivity index (χ4v) is 0.797. The van der Waals surface area contributed by atoms with Gasteiger partial charge in [-0.05, 0) is 38.5 Å². The molecule has 0 aromatic carbocycles. The van der Waals surface area contributed by atoms with E-state index < -0.39 is 0 Å². The van der Waals surface area contributed by atoms with Gasteiger partial charge in [0.05, 0.1) is 6.10 Å². The highest BCUT2D eigenvalue weighted by Gasteiger charge is 2.10. The summed E-state index contributed by atoms with van der Waals surface area (Å²) < 4.78 is 5.11. The minimum absolute atomic E-state index is 0.278. The van der Waals surface area contributed by atoms with Crippen LogP contribution in [0.3, 0.4) is 0 Å². The van der Waals surface area contributed by atoms with Gasteiger partial charge in [-0.25, -0.2) is 0 Å². The lowest BCUT2D eigenvalue weighted by Gasteiger charge is -2.09. The smallest absolute Gasteiger partial charge is 0.0608 e. The molecule has 1 heteroatoms. The first kappa shape index (κ1) is 7.07. The largest absolute Gasteiger partial charge is 0.381 e. The molecule has 49 valence electrons. The number of hydrogen-bond donors (Lipinski definition) is 0. The Hall–Kier alpha value is -0.0400. The van der Waals surface area contributed by atoms with Crippen molar-refractivity contribution >= 4 is 0 Å². The molecule has 1 fully saturated rings. The minimum Gasteiger partial charge on any atom is -0.381 e. The molecule has 0 saturated heterocycles. The lowest BCUT2D eigenvalue weighted by Crippen LogP contribution is -2.08. The molecule has 5 radical (unpaired) electrons. The third kappa shape index (κ3) is 2.35. The van der Waals surface area contributed by atoms with Crippen LogP contribution in [-0.2, 0) is 4.74 Å². The third-order valence-corrected chi connectivity index (χ3v) is 1.36. The fraction of sp³-hybridized carbons (Fsp3) is 0.375. The first-order valence-electron chi connectivity index (χ1n) is 3.13. The first-order chi connectivity index (χ1) is 4.43. The van der Waals surface area contributed by atoms with Crippen LogP contribution in [0.4, 0.5) is 0 Å². The number of ether oxygens (including phenoxy) is 1. The molecule has 0 aliphatic heterocycles. The van der Waals surface area contributed by atoms with Crippen molar-refractivity contribution < 1.29 is 4.74 Å². The van der Waals surface area contributed by atoms with Gasteiger partial charge in [0.25, 0.3) is 0 Å². The molecule has 1 saturated carbocycles. The molecule has 1 aliphatic rings. The van der Waals surface area contributed by atoms with E-state index in [0.717, 1.165) is 6.42 Å². The Morgan fingerprint density at radius 1 is 1.33 bits per heavy atom. The maximum absolute atomic E-state index is 5.11. The van der Waals surface area contributed by atoms with Crippen LogP contribution >= 0.6 is 0 Å². The molecule has 9 heavy (non-hydrogen) atoms. The SMILES string of the molecule is COC1[CH][CH][CH][CH][CH]C1. The topological polar surface area (TPSA) is 9.23 Å². The Morgan fingerprint density at radius 3 is 3.00 bits per heavy atom. The molecule has 1 atom stereocenters. The van der Waals surface area contributed by atoms with Crippen molar-refractivity contribution in [3.05, 3.63) is 32.1 Å². The van der Waals surface area contributed by atoms with Crippen molar-refractivity contribution in [1.82, 2.24) is 0 Å². The number of hydrogen-bond acceptors (Lipinski definition) is 1. The van der Waals surface area contributed by atoms with Gasteiger partial charge in [-0.15, -0.1) is 0 Å². The molecule has 1 aliphatic carbocycles. The van der Waals surface area contributed by atoms with E-state index in [1.54, 1.807) is 7.11 Å². The summed E-state index contributed by atoms with van der Waals surface area (Å²) >= 11 is 0. The number of methoxy groups -OCH3 is 1. The molecule has 0 amide bonds. The average Bonchev–Trinajstić information content (AvgIpc) is 2.13. The van der Waals surface area contributed by atoms with Crippen LogP contribution in [-0.4, -0.2) is 13.2 Å². The summed E-state index contributed by atoms with van der Waals surface area (Å²) in [7, 11) is 1.73. The van der Waals surface area contributed by atoms with Gasteiger partial charge in [0.15, 0.2) is 0 Å². The van der Waals surface area contributed by atoms with Gasteiger partial charge in [-0.1, -0.05) is 0 Å². The maximum atomic E-state index is 5.11. The molecule has 0 aromatic heterocycles. The maximum Gasteiger partial charge on any atom is 0.0608 e. The van der Waals surface area contributed by atoms with Gasteiger partial charge in [-0.3, -0.25) is 0 Å². The van der Waals surface area contributed by atoms with Crippen molar-refractivity contribution in [3.63, 3.8) is 0 Å². The van der Waals surface area contributed by atoms with Crippen LogP contribution in [0.5, 0.6) is 0 Å². The van der Waals surface area contributed by atoms with E-state index in [4.69, 9.17) is 4.74 Å². The van der Waals surface area contributed by atoms with Gasteiger partial charge in [0.1, 0.15) is 0 Å². The predicted octanol–water partition coefficient (Wildman–Crippen LogP) is 1.43. The second kappa shape index (κ2) is 3.89. The Kier molecular flexibility index (Phi) is 3.05. The van der Waals surface area contributed by atoms with Crippen molar-refractivity contribution in [2.75, 3.05) is 7.11 Å². The van der Waals surface area contributed by atoms with E-state index in [9.17, 15) is 0 Å². The molecular formula is C8H11O. The molecule has 0 bridgehead atoms. The highest BCUT2D eigenvalue weighted by Crippen LogP contribution is 2.14. The summed E-state index contributed by atoms with van der Waals surface area (Å²) in [4.78, 5) is 0. The summed E-state index contributed by atoms with van der Waals surface area (Å²) in [5.41, 5.74) is 0. The van der Waals surface area contributed by atoms with Crippen molar-refractivity contribution in [3.8, 4) is 0 Å². The van der Waals surface area contributed by atoms with Gasteiger partial charge in [0, 0.05) is 7.11 Å². The molecule has 0 spiro atoms. The molecule has 1 rings (SSSR count).